The lowest BCUT2D eigenvalue weighted by molar-refractivity contribution is 0.100. The van der Waals surface area contributed by atoms with Crippen LogP contribution in [0.3, 0.4) is 0 Å². The Morgan fingerprint density at radius 1 is 1.14 bits per heavy atom. The van der Waals surface area contributed by atoms with Crippen molar-refractivity contribution in [1.29, 1.82) is 0 Å². The first-order chi connectivity index (χ1) is 10.1. The van der Waals surface area contributed by atoms with Crippen LogP contribution >= 0.6 is 15.9 Å². The fourth-order valence-corrected chi connectivity index (χ4v) is 2.53. The number of nitrogens with two attached hydrogens (primary N) is 1. The molecule has 0 aliphatic carbocycles. The molecule has 0 aliphatic rings. The molecule has 3 rings (SSSR count). The standard InChI is InChI=1S/C16H12BrN3O/c17-11-2-1-3-12(9-11)20-15-6-7-19-14-5-4-10(16(18)21)8-13(14)15/h1-9H,(H2,18,21)(H,19,20). The number of carbonyl (C=O) groups is 1. The van der Waals surface area contributed by atoms with Crippen molar-refractivity contribution in [3.05, 3.63) is 64.8 Å². The quantitative estimate of drug-likeness (QED) is 0.760. The second-order valence-electron chi connectivity index (χ2n) is 4.59. The summed E-state index contributed by atoms with van der Waals surface area (Å²) >= 11 is 3.44. The molecule has 1 amide bonds. The Bertz CT molecular complexity index is 833. The molecule has 0 spiro atoms. The molecule has 3 aromatic rings. The predicted octanol–water partition coefficient (Wildman–Crippen LogP) is 3.84. The summed E-state index contributed by atoms with van der Waals surface area (Å²) in [5.41, 5.74) is 8.43. The summed E-state index contributed by atoms with van der Waals surface area (Å²) in [6.07, 6.45) is 1.73. The van der Waals surface area contributed by atoms with Crippen molar-refractivity contribution < 1.29 is 4.79 Å². The van der Waals surface area contributed by atoms with Crippen molar-refractivity contribution in [1.82, 2.24) is 4.98 Å². The topological polar surface area (TPSA) is 68.0 Å². The van der Waals surface area contributed by atoms with Crippen molar-refractivity contribution in [2.24, 2.45) is 5.73 Å². The van der Waals surface area contributed by atoms with E-state index < -0.39 is 5.91 Å². The van der Waals surface area contributed by atoms with E-state index in [1.165, 1.54) is 0 Å². The lowest BCUT2D eigenvalue weighted by Crippen LogP contribution is -2.10. The molecule has 104 valence electrons. The highest BCUT2D eigenvalue weighted by molar-refractivity contribution is 9.10. The minimum Gasteiger partial charge on any atom is -0.366 e. The Hall–Kier alpha value is -2.40. The number of hydrogen-bond acceptors (Lipinski definition) is 3. The number of amides is 1. The van der Waals surface area contributed by atoms with Crippen molar-refractivity contribution in [2.45, 2.75) is 0 Å². The summed E-state index contributed by atoms with van der Waals surface area (Å²) in [4.78, 5) is 15.6. The lowest BCUT2D eigenvalue weighted by Gasteiger charge is -2.10. The van der Waals surface area contributed by atoms with Crippen LogP contribution in [0.15, 0.2) is 59.2 Å². The van der Waals surface area contributed by atoms with E-state index in [-0.39, 0.29) is 0 Å². The summed E-state index contributed by atoms with van der Waals surface area (Å²) in [5, 5.41) is 4.19. The third kappa shape index (κ3) is 2.87. The Morgan fingerprint density at radius 2 is 2.00 bits per heavy atom. The molecule has 0 bridgehead atoms. The molecule has 5 heteroatoms. The summed E-state index contributed by atoms with van der Waals surface area (Å²) in [5.74, 6) is -0.450. The maximum atomic E-state index is 11.3. The third-order valence-electron chi connectivity index (χ3n) is 3.13. The van der Waals surface area contributed by atoms with Gasteiger partial charge in [-0.1, -0.05) is 22.0 Å². The maximum Gasteiger partial charge on any atom is 0.248 e. The largest absolute Gasteiger partial charge is 0.366 e. The van der Waals surface area contributed by atoms with Crippen LogP contribution in [0.4, 0.5) is 11.4 Å². The first kappa shape index (κ1) is 13.6. The normalized spacial score (nSPS) is 10.5. The van der Waals surface area contributed by atoms with Crippen molar-refractivity contribution in [3.8, 4) is 0 Å². The Kier molecular flexibility index (Phi) is 3.58. The van der Waals surface area contributed by atoms with Gasteiger partial charge in [-0.05, 0) is 42.5 Å². The number of primary amides is 1. The Morgan fingerprint density at radius 3 is 2.76 bits per heavy atom. The average Bonchev–Trinajstić information content (AvgIpc) is 2.47. The molecular formula is C16H12BrN3O. The van der Waals surface area contributed by atoms with E-state index >= 15 is 0 Å². The van der Waals surface area contributed by atoms with Crippen LogP contribution in [0, 0.1) is 0 Å². The maximum absolute atomic E-state index is 11.3. The number of rotatable bonds is 3. The zero-order chi connectivity index (χ0) is 14.8. The number of pyridine rings is 1. The van der Waals surface area contributed by atoms with Gasteiger partial charge in [0.2, 0.25) is 5.91 Å². The second kappa shape index (κ2) is 5.54. The fraction of sp³-hybridized carbons (Fsp3) is 0. The number of anilines is 2. The van der Waals surface area contributed by atoms with Crippen LogP contribution in [-0.4, -0.2) is 10.9 Å². The SMILES string of the molecule is NC(=O)c1ccc2nccc(Nc3cccc(Br)c3)c2c1. The smallest absolute Gasteiger partial charge is 0.248 e. The van der Waals surface area contributed by atoms with E-state index in [0.29, 0.717) is 5.56 Å². The summed E-state index contributed by atoms with van der Waals surface area (Å²) in [6, 6.07) is 15.0. The molecule has 0 saturated heterocycles. The third-order valence-corrected chi connectivity index (χ3v) is 3.62. The van der Waals surface area contributed by atoms with E-state index in [1.807, 2.05) is 30.3 Å². The Labute approximate surface area is 130 Å². The number of hydrogen-bond donors (Lipinski definition) is 2. The van der Waals surface area contributed by atoms with E-state index in [1.54, 1.807) is 24.4 Å². The number of benzene rings is 2. The molecule has 2 aromatic carbocycles. The van der Waals surface area contributed by atoms with Gasteiger partial charge in [0.25, 0.3) is 0 Å². The monoisotopic (exact) mass is 341 g/mol. The minimum absolute atomic E-state index is 0.450. The molecule has 1 heterocycles. The number of halogens is 1. The fourth-order valence-electron chi connectivity index (χ4n) is 2.13. The van der Waals surface area contributed by atoms with Crippen molar-refractivity contribution in [3.63, 3.8) is 0 Å². The van der Waals surface area contributed by atoms with E-state index in [4.69, 9.17) is 5.73 Å². The first-order valence-electron chi connectivity index (χ1n) is 6.34. The van der Waals surface area contributed by atoms with Gasteiger partial charge in [0, 0.05) is 33.0 Å². The number of nitrogens with zero attached hydrogens (tertiary/aromatic N) is 1. The van der Waals surface area contributed by atoms with Gasteiger partial charge in [-0.2, -0.15) is 0 Å². The van der Waals surface area contributed by atoms with Crippen LogP contribution < -0.4 is 11.1 Å². The van der Waals surface area contributed by atoms with Crippen LogP contribution in [0.2, 0.25) is 0 Å². The zero-order valence-corrected chi connectivity index (χ0v) is 12.6. The van der Waals surface area contributed by atoms with Gasteiger partial charge in [-0.25, -0.2) is 0 Å². The summed E-state index contributed by atoms with van der Waals surface area (Å²) in [7, 11) is 0. The molecular weight excluding hydrogens is 330 g/mol. The summed E-state index contributed by atoms with van der Waals surface area (Å²) < 4.78 is 0.990. The molecule has 4 nitrogen and oxygen atoms in total. The average molecular weight is 342 g/mol. The van der Waals surface area contributed by atoms with Crippen LogP contribution in [-0.2, 0) is 0 Å². The van der Waals surface area contributed by atoms with Gasteiger partial charge in [0.05, 0.1) is 5.52 Å². The van der Waals surface area contributed by atoms with Crippen molar-refractivity contribution >= 4 is 44.1 Å². The lowest BCUT2D eigenvalue weighted by atomic mass is 10.1. The molecule has 1 aromatic heterocycles. The first-order valence-corrected chi connectivity index (χ1v) is 7.14. The van der Waals surface area contributed by atoms with E-state index in [9.17, 15) is 4.79 Å². The number of aromatic nitrogens is 1. The van der Waals surface area contributed by atoms with Gasteiger partial charge in [-0.15, -0.1) is 0 Å². The van der Waals surface area contributed by atoms with Gasteiger partial charge < -0.3 is 11.1 Å². The number of fused-ring (bicyclic) bond motifs is 1. The second-order valence-corrected chi connectivity index (χ2v) is 5.51. The van der Waals surface area contributed by atoms with Gasteiger partial charge >= 0.3 is 0 Å². The zero-order valence-electron chi connectivity index (χ0n) is 11.0. The highest BCUT2D eigenvalue weighted by Gasteiger charge is 2.06. The highest BCUT2D eigenvalue weighted by atomic mass is 79.9. The van der Waals surface area contributed by atoms with Crippen molar-refractivity contribution in [2.75, 3.05) is 5.32 Å². The number of nitrogens with one attached hydrogen (secondary N) is 1. The minimum atomic E-state index is -0.450. The van der Waals surface area contributed by atoms with Gasteiger partial charge in [0.15, 0.2) is 0 Å². The van der Waals surface area contributed by atoms with Gasteiger partial charge in [0.1, 0.15) is 0 Å². The van der Waals surface area contributed by atoms with E-state index in [2.05, 4.69) is 26.2 Å². The molecule has 0 atom stereocenters. The van der Waals surface area contributed by atoms with Crippen LogP contribution in [0.25, 0.3) is 10.9 Å². The highest BCUT2D eigenvalue weighted by Crippen LogP contribution is 2.27. The Balaban J connectivity index is 2.09. The van der Waals surface area contributed by atoms with Gasteiger partial charge in [-0.3, -0.25) is 9.78 Å². The number of carbonyl (C=O) groups excluding carboxylic acids is 1. The molecule has 0 radical (unpaired) electrons. The molecule has 0 saturated carbocycles. The molecule has 21 heavy (non-hydrogen) atoms. The predicted molar refractivity (Wildman–Crippen MR) is 87.7 cm³/mol. The molecule has 0 unspecified atom stereocenters. The van der Waals surface area contributed by atoms with Crippen LogP contribution in [0.5, 0.6) is 0 Å². The molecule has 3 N–H and O–H groups in total. The van der Waals surface area contributed by atoms with E-state index in [0.717, 1.165) is 26.8 Å². The molecule has 0 fully saturated rings. The molecule has 0 aliphatic heterocycles. The summed E-state index contributed by atoms with van der Waals surface area (Å²) in [6.45, 7) is 0. The van der Waals surface area contributed by atoms with Crippen LogP contribution in [0.1, 0.15) is 10.4 Å².